The summed E-state index contributed by atoms with van der Waals surface area (Å²) in [7, 11) is 0. The standard InChI is InChI=1S/C21H24O7/c22-18-20(28-19(23)24-13-14-7-3-1-4-8-14)11-15(25-18)17-16(12-20)26-21(27-17)9-5-2-6-10-21/h1,3-4,7-8,15-17H,2,5-6,9-13H2/t15-,16-,17+,20-/m1/s1. The lowest BCUT2D eigenvalue weighted by Crippen LogP contribution is -2.49. The number of rotatable bonds is 3. The van der Waals surface area contributed by atoms with Crippen LogP contribution in [0.4, 0.5) is 4.79 Å². The molecule has 0 N–H and O–H groups in total. The smallest absolute Gasteiger partial charge is 0.456 e. The Hall–Kier alpha value is -2.12. The summed E-state index contributed by atoms with van der Waals surface area (Å²) in [5, 5.41) is 0. The van der Waals surface area contributed by atoms with Crippen molar-refractivity contribution in [1.82, 2.24) is 0 Å². The number of hydrogen-bond acceptors (Lipinski definition) is 7. The van der Waals surface area contributed by atoms with Crippen molar-refractivity contribution in [1.29, 1.82) is 0 Å². The van der Waals surface area contributed by atoms with Crippen molar-refractivity contribution in [3.63, 3.8) is 0 Å². The number of carbonyl (C=O) groups excluding carboxylic acids is 2. The molecule has 7 heteroatoms. The largest absolute Gasteiger partial charge is 0.509 e. The summed E-state index contributed by atoms with van der Waals surface area (Å²) in [5.41, 5.74) is -0.498. The Morgan fingerprint density at radius 1 is 1.04 bits per heavy atom. The molecule has 1 aromatic rings. The first-order valence-electron chi connectivity index (χ1n) is 10.0. The molecule has 7 nitrogen and oxygen atoms in total. The SMILES string of the molecule is O=C(OCc1ccccc1)O[C@@]12C[C@@H](OC1=O)[C@@H]1OC3(CCCCC3)O[C@@H]1C2. The zero-order valence-electron chi connectivity index (χ0n) is 15.6. The number of hydrogen-bond donors (Lipinski definition) is 0. The molecule has 2 heterocycles. The number of ether oxygens (including phenoxy) is 5. The fourth-order valence-electron chi connectivity index (χ4n) is 4.89. The first-order valence-corrected chi connectivity index (χ1v) is 10.0. The van der Waals surface area contributed by atoms with Crippen molar-refractivity contribution in [2.24, 2.45) is 0 Å². The molecule has 1 aromatic carbocycles. The van der Waals surface area contributed by atoms with Crippen LogP contribution in [-0.4, -0.2) is 41.8 Å². The minimum absolute atomic E-state index is 0.0863. The van der Waals surface area contributed by atoms with Gasteiger partial charge in [0.05, 0.1) is 6.10 Å². The molecule has 28 heavy (non-hydrogen) atoms. The van der Waals surface area contributed by atoms with Crippen molar-refractivity contribution in [2.45, 2.75) is 81.3 Å². The van der Waals surface area contributed by atoms with E-state index in [4.69, 9.17) is 23.7 Å². The van der Waals surface area contributed by atoms with E-state index in [0.717, 1.165) is 31.2 Å². The maximum atomic E-state index is 12.5. The van der Waals surface area contributed by atoms with Gasteiger partial charge in [0, 0.05) is 25.7 Å². The molecule has 0 amide bonds. The monoisotopic (exact) mass is 388 g/mol. The van der Waals surface area contributed by atoms with Crippen LogP contribution in [0.1, 0.15) is 50.5 Å². The molecule has 150 valence electrons. The van der Waals surface area contributed by atoms with Crippen LogP contribution >= 0.6 is 0 Å². The average Bonchev–Trinajstić information content (AvgIpc) is 3.17. The number of benzene rings is 1. The first-order chi connectivity index (χ1) is 13.6. The number of carbonyl (C=O) groups is 2. The molecular formula is C21H24O7. The second-order valence-corrected chi connectivity index (χ2v) is 8.18. The second-order valence-electron chi connectivity index (χ2n) is 8.18. The molecule has 1 spiro atoms. The molecule has 2 aliphatic heterocycles. The summed E-state index contributed by atoms with van der Waals surface area (Å²) in [6.45, 7) is 0.0863. The Labute approximate surface area is 163 Å². The van der Waals surface area contributed by atoms with Crippen LogP contribution in [-0.2, 0) is 35.1 Å². The third-order valence-corrected chi connectivity index (χ3v) is 6.24. The lowest BCUT2D eigenvalue weighted by molar-refractivity contribution is -0.204. The van der Waals surface area contributed by atoms with Crippen LogP contribution in [0.2, 0.25) is 0 Å². The molecule has 0 unspecified atom stereocenters. The van der Waals surface area contributed by atoms with Crippen LogP contribution in [0.25, 0.3) is 0 Å². The first kappa shape index (κ1) is 17.9. The Morgan fingerprint density at radius 3 is 2.57 bits per heavy atom. The van der Waals surface area contributed by atoms with Crippen molar-refractivity contribution < 1.29 is 33.3 Å². The zero-order chi connectivity index (χ0) is 19.2. The number of esters is 1. The van der Waals surface area contributed by atoms with E-state index in [9.17, 15) is 9.59 Å². The van der Waals surface area contributed by atoms with Crippen LogP contribution in [0.15, 0.2) is 30.3 Å². The molecule has 4 fully saturated rings. The summed E-state index contributed by atoms with van der Waals surface area (Å²) in [6.07, 6.45) is 3.63. The molecule has 2 bridgehead atoms. The van der Waals surface area contributed by atoms with E-state index < -0.39 is 29.6 Å². The van der Waals surface area contributed by atoms with Crippen LogP contribution < -0.4 is 0 Å². The topological polar surface area (TPSA) is 80.3 Å². The van der Waals surface area contributed by atoms with Crippen molar-refractivity contribution in [2.75, 3.05) is 0 Å². The Morgan fingerprint density at radius 2 is 1.79 bits per heavy atom. The molecule has 4 aliphatic rings. The van der Waals surface area contributed by atoms with Crippen LogP contribution in [0.3, 0.4) is 0 Å². The molecule has 0 radical (unpaired) electrons. The summed E-state index contributed by atoms with van der Waals surface area (Å²) in [4.78, 5) is 24.8. The lowest BCUT2D eigenvalue weighted by atomic mass is 9.82. The van der Waals surface area contributed by atoms with Gasteiger partial charge in [-0.25, -0.2) is 9.59 Å². The highest BCUT2D eigenvalue weighted by Gasteiger charge is 2.66. The summed E-state index contributed by atoms with van der Waals surface area (Å²) in [5.74, 6) is -1.10. The van der Waals surface area contributed by atoms with Crippen LogP contribution in [0, 0.1) is 0 Å². The third-order valence-electron chi connectivity index (χ3n) is 6.24. The quantitative estimate of drug-likeness (QED) is 0.736. The van der Waals surface area contributed by atoms with Gasteiger partial charge >= 0.3 is 12.1 Å². The normalized spacial score (nSPS) is 35.3. The number of fused-ring (bicyclic) bond motifs is 4. The van der Waals surface area contributed by atoms with E-state index in [1.807, 2.05) is 30.3 Å². The Balaban J connectivity index is 1.26. The highest BCUT2D eigenvalue weighted by molar-refractivity contribution is 5.85. The van der Waals surface area contributed by atoms with E-state index >= 15 is 0 Å². The predicted molar refractivity (Wildman–Crippen MR) is 95.1 cm³/mol. The highest BCUT2D eigenvalue weighted by atomic mass is 16.8. The molecule has 4 atom stereocenters. The summed E-state index contributed by atoms with van der Waals surface area (Å²) >= 11 is 0. The van der Waals surface area contributed by atoms with E-state index in [2.05, 4.69) is 0 Å². The molecular weight excluding hydrogens is 364 g/mol. The van der Waals surface area contributed by atoms with Gasteiger partial charge in [0.1, 0.15) is 18.8 Å². The van der Waals surface area contributed by atoms with Gasteiger partial charge in [-0.05, 0) is 18.4 Å². The van der Waals surface area contributed by atoms with Gasteiger partial charge in [-0.3, -0.25) is 0 Å². The van der Waals surface area contributed by atoms with Crippen molar-refractivity contribution in [3.8, 4) is 0 Å². The van der Waals surface area contributed by atoms with Gasteiger partial charge in [0.2, 0.25) is 5.60 Å². The maximum absolute atomic E-state index is 12.5. The molecule has 2 aliphatic carbocycles. The van der Waals surface area contributed by atoms with E-state index in [-0.39, 0.29) is 31.7 Å². The molecule has 2 saturated carbocycles. The fraction of sp³-hybridized carbons (Fsp3) is 0.619. The third kappa shape index (κ3) is 3.06. The molecule has 5 rings (SSSR count). The van der Waals surface area contributed by atoms with Gasteiger partial charge < -0.3 is 23.7 Å². The van der Waals surface area contributed by atoms with Gasteiger partial charge in [-0.1, -0.05) is 36.8 Å². The van der Waals surface area contributed by atoms with Gasteiger partial charge in [0.15, 0.2) is 5.79 Å². The van der Waals surface area contributed by atoms with Crippen LogP contribution in [0.5, 0.6) is 0 Å². The van der Waals surface area contributed by atoms with E-state index in [1.165, 1.54) is 6.42 Å². The van der Waals surface area contributed by atoms with Gasteiger partial charge in [-0.2, -0.15) is 0 Å². The van der Waals surface area contributed by atoms with Crippen molar-refractivity contribution >= 4 is 12.1 Å². The Bertz CT molecular complexity index is 757. The minimum atomic E-state index is -1.34. The summed E-state index contributed by atoms with van der Waals surface area (Å²) in [6, 6.07) is 9.31. The fourth-order valence-corrected chi connectivity index (χ4v) is 4.89. The highest BCUT2D eigenvalue weighted by Crippen LogP contribution is 2.51. The second kappa shape index (κ2) is 6.74. The average molecular weight is 388 g/mol. The minimum Gasteiger partial charge on any atom is -0.456 e. The predicted octanol–water partition coefficient (Wildman–Crippen LogP) is 3.24. The zero-order valence-corrected chi connectivity index (χ0v) is 15.6. The molecule has 2 saturated heterocycles. The molecule has 0 aromatic heterocycles. The van der Waals surface area contributed by atoms with E-state index in [0.29, 0.717) is 0 Å². The lowest BCUT2D eigenvalue weighted by Gasteiger charge is -2.32. The van der Waals surface area contributed by atoms with Gasteiger partial charge in [0.25, 0.3) is 0 Å². The Kier molecular flexibility index (Phi) is 4.32. The summed E-state index contributed by atoms with van der Waals surface area (Å²) < 4.78 is 28.8. The van der Waals surface area contributed by atoms with E-state index in [1.54, 1.807) is 0 Å². The van der Waals surface area contributed by atoms with Crippen molar-refractivity contribution in [3.05, 3.63) is 35.9 Å². The maximum Gasteiger partial charge on any atom is 0.509 e. The van der Waals surface area contributed by atoms with Gasteiger partial charge in [-0.15, -0.1) is 0 Å².